The average molecular weight is 396 g/mol. The monoisotopic (exact) mass is 395 g/mol. The second-order valence-electron chi connectivity index (χ2n) is 6.83. The summed E-state index contributed by atoms with van der Waals surface area (Å²) in [6, 6.07) is 13.7. The van der Waals surface area contributed by atoms with Crippen LogP contribution in [0.5, 0.6) is 0 Å². The van der Waals surface area contributed by atoms with Crippen molar-refractivity contribution in [1.29, 1.82) is 0 Å². The predicted octanol–water partition coefficient (Wildman–Crippen LogP) is 3.62. The van der Waals surface area contributed by atoms with Gasteiger partial charge in [0, 0.05) is 30.2 Å². The zero-order valence-corrected chi connectivity index (χ0v) is 17.3. The van der Waals surface area contributed by atoms with Crippen LogP contribution in [-0.2, 0) is 11.3 Å². The number of aromatic nitrogens is 2. The molecule has 0 radical (unpaired) electrons. The van der Waals surface area contributed by atoms with Gasteiger partial charge >= 0.3 is 0 Å². The maximum absolute atomic E-state index is 12.6. The lowest BCUT2D eigenvalue weighted by molar-refractivity contribution is -0.121. The fraction of sp³-hybridized carbons (Fsp3) is 0.318. The number of para-hydroxylation sites is 1. The third kappa shape index (κ3) is 4.81. The molecule has 5 nitrogen and oxygen atoms in total. The molecule has 3 rings (SSSR count). The number of aryl methyl sites for hydroxylation is 3. The van der Waals surface area contributed by atoms with Gasteiger partial charge in [0.1, 0.15) is 5.82 Å². The van der Waals surface area contributed by atoms with Crippen molar-refractivity contribution in [2.24, 2.45) is 0 Å². The number of benzene rings is 2. The van der Waals surface area contributed by atoms with Crippen molar-refractivity contribution in [3.63, 3.8) is 0 Å². The molecule has 0 aliphatic carbocycles. The first-order valence-corrected chi connectivity index (χ1v) is 10.4. The molecule has 3 aromatic rings. The second kappa shape index (κ2) is 9.06. The Hall–Kier alpha value is -2.60. The minimum atomic E-state index is -0.0961. The lowest BCUT2D eigenvalue weighted by atomic mass is 10.1. The highest BCUT2D eigenvalue weighted by molar-refractivity contribution is 7.99. The average Bonchev–Trinajstić information content (AvgIpc) is 2.68. The van der Waals surface area contributed by atoms with Crippen LogP contribution in [0.3, 0.4) is 0 Å². The number of fused-ring (bicyclic) bond motifs is 1. The zero-order valence-electron chi connectivity index (χ0n) is 16.5. The summed E-state index contributed by atoms with van der Waals surface area (Å²) in [4.78, 5) is 30.4. The van der Waals surface area contributed by atoms with E-state index in [1.807, 2.05) is 18.2 Å². The summed E-state index contributed by atoms with van der Waals surface area (Å²) < 4.78 is 1.58. The smallest absolute Gasteiger partial charge is 0.261 e. The molecule has 0 fully saturated rings. The first-order chi connectivity index (χ1) is 13.5. The molecule has 0 aliphatic heterocycles. The van der Waals surface area contributed by atoms with Crippen molar-refractivity contribution < 1.29 is 4.79 Å². The van der Waals surface area contributed by atoms with Gasteiger partial charge in [-0.05, 0) is 56.2 Å². The van der Waals surface area contributed by atoms with E-state index in [0.717, 1.165) is 5.75 Å². The Kier molecular flexibility index (Phi) is 6.52. The van der Waals surface area contributed by atoms with Crippen LogP contribution in [0.4, 0.5) is 0 Å². The number of nitrogens with one attached hydrogen (secondary N) is 1. The van der Waals surface area contributed by atoms with Crippen LogP contribution in [0, 0.1) is 20.8 Å². The Balaban J connectivity index is 1.50. The molecule has 1 heterocycles. The largest absolute Gasteiger partial charge is 0.355 e. The molecular weight excluding hydrogens is 370 g/mol. The van der Waals surface area contributed by atoms with E-state index in [-0.39, 0.29) is 17.9 Å². The van der Waals surface area contributed by atoms with Gasteiger partial charge in [-0.15, -0.1) is 11.8 Å². The Morgan fingerprint density at radius 3 is 2.68 bits per heavy atom. The summed E-state index contributed by atoms with van der Waals surface area (Å²) in [5.74, 6) is 1.38. The number of amides is 1. The number of hydrogen-bond acceptors (Lipinski definition) is 4. The van der Waals surface area contributed by atoms with Gasteiger partial charge in [0.2, 0.25) is 5.91 Å². The van der Waals surface area contributed by atoms with Crippen LogP contribution in [-0.4, -0.2) is 27.8 Å². The molecule has 0 bridgehead atoms. The first kappa shape index (κ1) is 20.1. The minimum Gasteiger partial charge on any atom is -0.355 e. The topological polar surface area (TPSA) is 64.0 Å². The molecule has 1 N–H and O–H groups in total. The molecule has 0 unspecified atom stereocenters. The van der Waals surface area contributed by atoms with E-state index >= 15 is 0 Å². The molecule has 2 aromatic carbocycles. The van der Waals surface area contributed by atoms with Gasteiger partial charge in [-0.1, -0.05) is 18.2 Å². The van der Waals surface area contributed by atoms with Crippen LogP contribution in [0.15, 0.2) is 52.2 Å². The summed E-state index contributed by atoms with van der Waals surface area (Å²) in [7, 11) is 0. The van der Waals surface area contributed by atoms with E-state index in [9.17, 15) is 9.59 Å². The molecule has 0 aliphatic rings. The van der Waals surface area contributed by atoms with E-state index in [4.69, 9.17) is 0 Å². The molecule has 0 saturated heterocycles. The molecule has 28 heavy (non-hydrogen) atoms. The van der Waals surface area contributed by atoms with Crippen LogP contribution in [0.25, 0.3) is 10.9 Å². The van der Waals surface area contributed by atoms with Gasteiger partial charge in [-0.2, -0.15) is 0 Å². The van der Waals surface area contributed by atoms with Crippen molar-refractivity contribution in [2.75, 3.05) is 12.3 Å². The fourth-order valence-electron chi connectivity index (χ4n) is 3.01. The summed E-state index contributed by atoms with van der Waals surface area (Å²) in [5, 5.41) is 3.51. The lowest BCUT2D eigenvalue weighted by Gasteiger charge is -2.11. The van der Waals surface area contributed by atoms with Crippen molar-refractivity contribution in [3.8, 4) is 0 Å². The second-order valence-corrected chi connectivity index (χ2v) is 8.00. The quantitative estimate of drug-likeness (QED) is 0.490. The summed E-state index contributed by atoms with van der Waals surface area (Å²) >= 11 is 1.73. The Morgan fingerprint density at radius 2 is 1.89 bits per heavy atom. The number of hydrogen-bond donors (Lipinski definition) is 1. The molecule has 0 saturated carbocycles. The van der Waals surface area contributed by atoms with E-state index in [2.05, 4.69) is 42.3 Å². The highest BCUT2D eigenvalue weighted by Gasteiger charge is 2.09. The minimum absolute atomic E-state index is 0.0554. The first-order valence-electron chi connectivity index (χ1n) is 9.38. The highest BCUT2D eigenvalue weighted by Crippen LogP contribution is 2.20. The number of nitrogens with zero attached hydrogens (tertiary/aromatic N) is 2. The predicted molar refractivity (Wildman–Crippen MR) is 115 cm³/mol. The molecule has 1 amide bonds. The van der Waals surface area contributed by atoms with E-state index in [0.29, 0.717) is 29.8 Å². The zero-order chi connectivity index (χ0) is 20.1. The van der Waals surface area contributed by atoms with Gasteiger partial charge in [0.15, 0.2) is 0 Å². The summed E-state index contributed by atoms with van der Waals surface area (Å²) in [6.45, 7) is 6.93. The van der Waals surface area contributed by atoms with Crippen LogP contribution >= 0.6 is 11.8 Å². The lowest BCUT2D eigenvalue weighted by Crippen LogP contribution is -2.30. The number of carbonyl (C=O) groups excluding carboxylic acids is 1. The number of rotatable bonds is 7. The Labute approximate surface area is 169 Å². The maximum atomic E-state index is 12.6. The van der Waals surface area contributed by atoms with E-state index in [1.54, 1.807) is 29.3 Å². The van der Waals surface area contributed by atoms with Gasteiger partial charge in [-0.25, -0.2) is 4.98 Å². The summed E-state index contributed by atoms with van der Waals surface area (Å²) in [6.07, 6.45) is 0.259. The molecule has 0 atom stereocenters. The Morgan fingerprint density at radius 1 is 1.11 bits per heavy atom. The molecule has 1 aromatic heterocycles. The fourth-order valence-corrected chi connectivity index (χ4v) is 3.87. The van der Waals surface area contributed by atoms with Crippen molar-refractivity contribution >= 4 is 28.6 Å². The van der Waals surface area contributed by atoms with E-state index < -0.39 is 0 Å². The third-order valence-corrected chi connectivity index (χ3v) is 5.78. The Bertz CT molecular complexity index is 1060. The maximum Gasteiger partial charge on any atom is 0.261 e. The molecule has 6 heteroatoms. The van der Waals surface area contributed by atoms with Gasteiger partial charge in [-0.3, -0.25) is 14.2 Å². The van der Waals surface area contributed by atoms with Gasteiger partial charge in [0.05, 0.1) is 10.9 Å². The molecule has 0 spiro atoms. The normalized spacial score (nSPS) is 11.0. The van der Waals surface area contributed by atoms with Crippen molar-refractivity contribution in [2.45, 2.75) is 38.6 Å². The van der Waals surface area contributed by atoms with Crippen LogP contribution in [0.2, 0.25) is 0 Å². The standard InChI is InChI=1S/C22H25N3O2S/c1-15-8-9-18(14-16(15)2)28-13-11-23-21(26)10-12-25-17(3)24-20-7-5-4-6-19(20)22(25)27/h4-9,14H,10-13H2,1-3H3,(H,23,26). The highest BCUT2D eigenvalue weighted by atomic mass is 32.2. The SMILES string of the molecule is Cc1ccc(SCCNC(=O)CCn2c(C)nc3ccccc3c2=O)cc1C. The molecule has 146 valence electrons. The number of carbonyl (C=O) groups is 1. The van der Waals surface area contributed by atoms with Crippen LogP contribution < -0.4 is 10.9 Å². The molecular formula is C22H25N3O2S. The van der Waals surface area contributed by atoms with E-state index in [1.165, 1.54) is 16.0 Å². The van der Waals surface area contributed by atoms with Crippen molar-refractivity contribution in [1.82, 2.24) is 14.9 Å². The third-order valence-electron chi connectivity index (χ3n) is 4.79. The number of thioether (sulfide) groups is 1. The van der Waals surface area contributed by atoms with Crippen LogP contribution in [0.1, 0.15) is 23.4 Å². The van der Waals surface area contributed by atoms with Gasteiger partial charge in [0.25, 0.3) is 5.56 Å². The van der Waals surface area contributed by atoms with Gasteiger partial charge < -0.3 is 5.32 Å². The summed E-state index contributed by atoms with van der Waals surface area (Å²) in [5.41, 5.74) is 3.15. The van der Waals surface area contributed by atoms with Crippen molar-refractivity contribution in [3.05, 3.63) is 69.8 Å².